The number of halogens is 1. The number of hydrogen-bond acceptors (Lipinski definition) is 4. The quantitative estimate of drug-likeness (QED) is 0.625. The van der Waals surface area contributed by atoms with Gasteiger partial charge in [-0.2, -0.15) is 0 Å². The zero-order chi connectivity index (χ0) is 15.5. The van der Waals surface area contributed by atoms with Crippen LogP contribution in [-0.4, -0.2) is 24.5 Å². The standard InChI is InChI=1S/C13H17ClN4O2S/c1-10-12(15)7-11(14)8-13(10)21(19,20)17-3-2-5-18-6-4-16-9-18/h4,6-9,17H,2-3,5,15H2,1H3. The predicted octanol–water partition coefficient (Wildman–Crippen LogP) is 1.80. The zero-order valence-electron chi connectivity index (χ0n) is 11.6. The van der Waals surface area contributed by atoms with Gasteiger partial charge < -0.3 is 10.3 Å². The van der Waals surface area contributed by atoms with Gasteiger partial charge in [-0.3, -0.25) is 0 Å². The first-order valence-corrected chi connectivity index (χ1v) is 8.27. The van der Waals surface area contributed by atoms with Gasteiger partial charge in [-0.1, -0.05) is 11.6 Å². The minimum Gasteiger partial charge on any atom is -0.398 e. The number of nitrogens with zero attached hydrogens (tertiary/aromatic N) is 2. The lowest BCUT2D eigenvalue weighted by molar-refractivity contribution is 0.569. The third-order valence-electron chi connectivity index (χ3n) is 3.10. The van der Waals surface area contributed by atoms with Gasteiger partial charge in [-0.05, 0) is 31.0 Å². The van der Waals surface area contributed by atoms with Crippen LogP contribution in [0.2, 0.25) is 5.02 Å². The van der Waals surface area contributed by atoms with E-state index in [1.165, 1.54) is 12.1 Å². The van der Waals surface area contributed by atoms with Crippen LogP contribution in [0.5, 0.6) is 0 Å². The highest BCUT2D eigenvalue weighted by Gasteiger charge is 2.18. The Bertz CT molecular complexity index is 714. The molecule has 0 saturated heterocycles. The number of aryl methyl sites for hydroxylation is 1. The first kappa shape index (κ1) is 15.8. The SMILES string of the molecule is Cc1c(N)cc(Cl)cc1S(=O)(=O)NCCCn1ccnc1. The van der Waals surface area contributed by atoms with E-state index in [0.29, 0.717) is 35.8 Å². The summed E-state index contributed by atoms with van der Waals surface area (Å²) < 4.78 is 29.0. The number of anilines is 1. The molecule has 1 aromatic carbocycles. The van der Waals surface area contributed by atoms with Crippen LogP contribution < -0.4 is 10.5 Å². The summed E-state index contributed by atoms with van der Waals surface area (Å²) in [6.45, 7) is 2.68. The van der Waals surface area contributed by atoms with E-state index in [4.69, 9.17) is 17.3 Å². The Labute approximate surface area is 129 Å². The van der Waals surface area contributed by atoms with Gasteiger partial charge in [0.2, 0.25) is 10.0 Å². The monoisotopic (exact) mass is 328 g/mol. The number of hydrogen-bond donors (Lipinski definition) is 2. The molecule has 0 bridgehead atoms. The Kier molecular flexibility index (Phi) is 4.87. The van der Waals surface area contributed by atoms with Crippen molar-refractivity contribution in [2.75, 3.05) is 12.3 Å². The average Bonchev–Trinajstić information content (AvgIpc) is 2.92. The number of sulfonamides is 1. The van der Waals surface area contributed by atoms with Crippen LogP contribution in [0, 0.1) is 6.92 Å². The fourth-order valence-corrected chi connectivity index (χ4v) is 3.58. The zero-order valence-corrected chi connectivity index (χ0v) is 13.2. The molecule has 0 atom stereocenters. The van der Waals surface area contributed by atoms with Gasteiger partial charge in [0.05, 0.1) is 11.2 Å². The summed E-state index contributed by atoms with van der Waals surface area (Å²) >= 11 is 5.87. The number of nitrogens with two attached hydrogens (primary N) is 1. The molecular weight excluding hydrogens is 312 g/mol. The van der Waals surface area contributed by atoms with Crippen molar-refractivity contribution in [2.45, 2.75) is 24.8 Å². The number of aromatic nitrogens is 2. The molecular formula is C13H17ClN4O2S. The third-order valence-corrected chi connectivity index (χ3v) is 4.90. The van der Waals surface area contributed by atoms with Crippen LogP contribution in [0.25, 0.3) is 0 Å². The van der Waals surface area contributed by atoms with Crippen molar-refractivity contribution >= 4 is 27.3 Å². The number of rotatable bonds is 6. The minimum absolute atomic E-state index is 0.120. The van der Waals surface area contributed by atoms with Crippen molar-refractivity contribution in [2.24, 2.45) is 0 Å². The topological polar surface area (TPSA) is 90.0 Å². The van der Waals surface area contributed by atoms with E-state index in [1.807, 2.05) is 10.8 Å². The normalized spacial score (nSPS) is 11.7. The van der Waals surface area contributed by atoms with Gasteiger partial charge in [-0.15, -0.1) is 0 Å². The van der Waals surface area contributed by atoms with E-state index >= 15 is 0 Å². The van der Waals surface area contributed by atoms with Crippen LogP contribution in [0.3, 0.4) is 0 Å². The number of benzene rings is 1. The Morgan fingerprint density at radius 1 is 1.43 bits per heavy atom. The molecule has 0 amide bonds. The lowest BCUT2D eigenvalue weighted by Gasteiger charge is -2.11. The van der Waals surface area contributed by atoms with Crippen molar-refractivity contribution in [3.8, 4) is 0 Å². The van der Waals surface area contributed by atoms with Gasteiger partial charge >= 0.3 is 0 Å². The van der Waals surface area contributed by atoms with Gasteiger partial charge in [0.15, 0.2) is 0 Å². The first-order valence-electron chi connectivity index (χ1n) is 6.41. The molecule has 2 aromatic rings. The maximum absolute atomic E-state index is 12.3. The van der Waals surface area contributed by atoms with Gasteiger partial charge in [0, 0.05) is 36.2 Å². The molecule has 21 heavy (non-hydrogen) atoms. The summed E-state index contributed by atoms with van der Waals surface area (Å²) in [7, 11) is -3.62. The summed E-state index contributed by atoms with van der Waals surface area (Å²) in [5, 5.41) is 0.303. The minimum atomic E-state index is -3.62. The summed E-state index contributed by atoms with van der Waals surface area (Å²) in [4.78, 5) is 4.04. The van der Waals surface area contributed by atoms with Gasteiger partial charge in [-0.25, -0.2) is 18.1 Å². The van der Waals surface area contributed by atoms with Crippen molar-refractivity contribution in [3.05, 3.63) is 41.4 Å². The molecule has 0 saturated carbocycles. The Morgan fingerprint density at radius 3 is 2.86 bits per heavy atom. The summed E-state index contributed by atoms with van der Waals surface area (Å²) in [6, 6.07) is 2.94. The highest BCUT2D eigenvalue weighted by molar-refractivity contribution is 7.89. The fraction of sp³-hybridized carbons (Fsp3) is 0.308. The van der Waals surface area contributed by atoms with Crippen molar-refractivity contribution < 1.29 is 8.42 Å². The first-order chi connectivity index (χ1) is 9.90. The summed E-state index contributed by atoms with van der Waals surface area (Å²) in [5.74, 6) is 0. The largest absolute Gasteiger partial charge is 0.398 e. The molecule has 6 nitrogen and oxygen atoms in total. The van der Waals surface area contributed by atoms with E-state index < -0.39 is 10.0 Å². The van der Waals surface area contributed by atoms with E-state index in [2.05, 4.69) is 9.71 Å². The second kappa shape index (κ2) is 6.46. The van der Waals surface area contributed by atoms with Crippen LogP contribution in [0.15, 0.2) is 35.7 Å². The third kappa shape index (κ3) is 3.96. The number of imidazole rings is 1. The van der Waals surface area contributed by atoms with Crippen LogP contribution in [0.1, 0.15) is 12.0 Å². The van der Waals surface area contributed by atoms with Gasteiger partial charge in [0.1, 0.15) is 0 Å². The molecule has 0 spiro atoms. The molecule has 0 fully saturated rings. The Hall–Kier alpha value is -1.57. The smallest absolute Gasteiger partial charge is 0.240 e. The molecule has 1 heterocycles. The maximum Gasteiger partial charge on any atom is 0.240 e. The molecule has 0 unspecified atom stereocenters. The molecule has 114 valence electrons. The van der Waals surface area contributed by atoms with Crippen molar-refractivity contribution in [1.82, 2.24) is 14.3 Å². The number of nitrogens with one attached hydrogen (secondary N) is 1. The lowest BCUT2D eigenvalue weighted by atomic mass is 10.2. The Morgan fingerprint density at radius 2 is 2.19 bits per heavy atom. The predicted molar refractivity (Wildman–Crippen MR) is 82.6 cm³/mol. The van der Waals surface area contributed by atoms with Crippen molar-refractivity contribution in [3.63, 3.8) is 0 Å². The molecule has 1 aromatic heterocycles. The fourth-order valence-electron chi connectivity index (χ4n) is 1.92. The molecule has 0 aliphatic rings. The molecule has 0 aliphatic carbocycles. The highest BCUT2D eigenvalue weighted by atomic mass is 35.5. The maximum atomic E-state index is 12.3. The second-order valence-electron chi connectivity index (χ2n) is 4.67. The average molecular weight is 329 g/mol. The molecule has 0 aliphatic heterocycles. The van der Waals surface area contributed by atoms with E-state index in [-0.39, 0.29) is 4.90 Å². The molecule has 2 rings (SSSR count). The van der Waals surface area contributed by atoms with Crippen LogP contribution in [0.4, 0.5) is 5.69 Å². The number of nitrogen functional groups attached to an aromatic ring is 1. The molecule has 8 heteroatoms. The molecule has 0 radical (unpaired) electrons. The lowest BCUT2D eigenvalue weighted by Crippen LogP contribution is -2.26. The van der Waals surface area contributed by atoms with Crippen LogP contribution in [-0.2, 0) is 16.6 Å². The molecule has 3 N–H and O–H groups in total. The summed E-state index contributed by atoms with van der Waals surface area (Å²) in [6.07, 6.45) is 5.86. The van der Waals surface area contributed by atoms with Gasteiger partial charge in [0.25, 0.3) is 0 Å². The summed E-state index contributed by atoms with van der Waals surface area (Å²) in [5.41, 5.74) is 6.61. The highest BCUT2D eigenvalue weighted by Crippen LogP contribution is 2.25. The van der Waals surface area contributed by atoms with Crippen LogP contribution >= 0.6 is 11.6 Å². The van der Waals surface area contributed by atoms with E-state index in [0.717, 1.165) is 0 Å². The second-order valence-corrected chi connectivity index (χ2v) is 6.84. The van der Waals surface area contributed by atoms with E-state index in [9.17, 15) is 8.42 Å². The van der Waals surface area contributed by atoms with Crippen molar-refractivity contribution in [1.29, 1.82) is 0 Å². The van der Waals surface area contributed by atoms with E-state index in [1.54, 1.807) is 19.4 Å². The Balaban J connectivity index is 2.02.